The fourth-order valence-electron chi connectivity index (χ4n) is 2.87. The summed E-state index contributed by atoms with van der Waals surface area (Å²) in [7, 11) is 1.27. The third-order valence-corrected chi connectivity index (χ3v) is 6.20. The second kappa shape index (κ2) is 15.0. The maximum Gasteiger partial charge on any atom is 0.410 e. The van der Waals surface area contributed by atoms with Crippen molar-refractivity contribution in [2.45, 2.75) is 40.0 Å². The van der Waals surface area contributed by atoms with E-state index in [9.17, 15) is 28.3 Å². The molecule has 0 aliphatic rings. The highest BCUT2D eigenvalue weighted by Gasteiger charge is 2.21. The summed E-state index contributed by atoms with van der Waals surface area (Å²) in [5.74, 6) is -2.58. The maximum absolute atomic E-state index is 12.9. The standard InChI is InChI=1S/C16H21NO6.C10H6ClF2NOS/c1-10(2)14(19)13-12(18)9-11(23-15(13)20)7-5-4-6-8-17-16(21)22-3;1-5-9(11)14-10(16-5)15-6-2-3-7(12)8(13)4-6/h6,8-10,18H,4-5,7H2,1-3H3,(H,17,21);2-4H,1H3/b8-6+;. The smallest absolute Gasteiger partial charge is 0.410 e. The van der Waals surface area contributed by atoms with E-state index >= 15 is 0 Å². The second-order valence-corrected chi connectivity index (χ2v) is 9.74. The largest absolute Gasteiger partial charge is 0.507 e. The van der Waals surface area contributed by atoms with Gasteiger partial charge in [0, 0.05) is 35.5 Å². The highest BCUT2D eigenvalue weighted by Crippen LogP contribution is 2.31. The molecule has 0 unspecified atom stereocenters. The van der Waals surface area contributed by atoms with E-state index in [1.807, 2.05) is 0 Å². The fraction of sp³-hybridized carbons (Fsp3) is 0.308. The predicted octanol–water partition coefficient (Wildman–Crippen LogP) is 6.55. The number of Topliss-reactive ketones (excluding diaryl/α,β-unsaturated/α-hetero) is 1. The van der Waals surface area contributed by atoms with Crippen molar-refractivity contribution in [2.75, 3.05) is 7.11 Å². The third kappa shape index (κ3) is 9.80. The number of nitrogens with zero attached hydrogens (tertiary/aromatic N) is 1. The van der Waals surface area contributed by atoms with Gasteiger partial charge in [0.1, 0.15) is 28.0 Å². The summed E-state index contributed by atoms with van der Waals surface area (Å²) in [4.78, 5) is 39.2. The molecule has 3 aromatic rings. The van der Waals surface area contributed by atoms with E-state index in [1.165, 1.54) is 36.8 Å². The quantitative estimate of drug-likeness (QED) is 0.214. The van der Waals surface area contributed by atoms with Gasteiger partial charge >= 0.3 is 11.7 Å². The minimum Gasteiger partial charge on any atom is -0.507 e. The van der Waals surface area contributed by atoms with Gasteiger partial charge in [0.25, 0.3) is 5.19 Å². The molecule has 0 saturated carbocycles. The molecule has 9 nitrogen and oxygen atoms in total. The molecule has 2 heterocycles. The predicted molar refractivity (Wildman–Crippen MR) is 142 cm³/mol. The number of thiazole rings is 1. The molecule has 0 radical (unpaired) electrons. The van der Waals surface area contributed by atoms with Gasteiger partial charge in [0.05, 0.1) is 7.11 Å². The Hall–Kier alpha value is -3.77. The number of carbonyl (C=O) groups excluding carboxylic acids is 2. The summed E-state index contributed by atoms with van der Waals surface area (Å²) >= 11 is 6.98. The summed E-state index contributed by atoms with van der Waals surface area (Å²) in [5.41, 5.74) is -1.12. The Kier molecular flexibility index (Phi) is 12.1. The van der Waals surface area contributed by atoms with E-state index in [4.69, 9.17) is 20.8 Å². The van der Waals surface area contributed by atoms with Crippen LogP contribution in [0.2, 0.25) is 5.15 Å². The zero-order chi connectivity index (χ0) is 29.1. The van der Waals surface area contributed by atoms with Crippen molar-refractivity contribution in [3.63, 3.8) is 0 Å². The van der Waals surface area contributed by atoms with Crippen molar-refractivity contribution < 1.29 is 37.4 Å². The Morgan fingerprint density at radius 3 is 2.54 bits per heavy atom. The molecule has 0 bridgehead atoms. The summed E-state index contributed by atoms with van der Waals surface area (Å²) in [5, 5.41) is 12.9. The van der Waals surface area contributed by atoms with Gasteiger partial charge in [-0.1, -0.05) is 42.9 Å². The lowest BCUT2D eigenvalue weighted by Gasteiger charge is -2.06. The van der Waals surface area contributed by atoms with Crippen molar-refractivity contribution in [1.29, 1.82) is 0 Å². The number of aryl methyl sites for hydroxylation is 2. The zero-order valence-electron chi connectivity index (χ0n) is 21.5. The first kappa shape index (κ1) is 31.4. The summed E-state index contributed by atoms with van der Waals surface area (Å²) in [6, 6.07) is 4.57. The number of nitrogens with one attached hydrogen (secondary N) is 1. The van der Waals surface area contributed by atoms with Crippen LogP contribution in [-0.2, 0) is 11.2 Å². The Balaban J connectivity index is 0.000000290. The second-order valence-electron chi connectivity index (χ2n) is 8.21. The van der Waals surface area contributed by atoms with Gasteiger partial charge in [0.15, 0.2) is 17.4 Å². The van der Waals surface area contributed by atoms with E-state index in [0.717, 1.165) is 17.0 Å². The molecule has 1 amide bonds. The number of carbonyl (C=O) groups is 2. The highest BCUT2D eigenvalue weighted by molar-refractivity contribution is 7.13. The van der Waals surface area contributed by atoms with Gasteiger partial charge in [-0.3, -0.25) is 10.1 Å². The van der Waals surface area contributed by atoms with Crippen LogP contribution in [0.15, 0.2) is 45.8 Å². The first-order chi connectivity index (χ1) is 18.4. The zero-order valence-corrected chi connectivity index (χ0v) is 23.1. The lowest BCUT2D eigenvalue weighted by molar-refractivity contribution is 0.0931. The lowest BCUT2D eigenvalue weighted by atomic mass is 10.0. The summed E-state index contributed by atoms with van der Waals surface area (Å²) in [6.45, 7) is 5.08. The molecule has 2 aromatic heterocycles. The van der Waals surface area contributed by atoms with Crippen LogP contribution in [0.25, 0.3) is 0 Å². The molecule has 210 valence electrons. The van der Waals surface area contributed by atoms with E-state index in [-0.39, 0.29) is 17.1 Å². The molecular weight excluding hydrogens is 558 g/mol. The van der Waals surface area contributed by atoms with Crippen LogP contribution in [-0.4, -0.2) is 29.1 Å². The van der Waals surface area contributed by atoms with Crippen LogP contribution in [0.1, 0.15) is 47.7 Å². The number of hydrogen-bond donors (Lipinski definition) is 2. The van der Waals surface area contributed by atoms with Crippen molar-refractivity contribution in [3.05, 3.63) is 79.9 Å². The van der Waals surface area contributed by atoms with Crippen molar-refractivity contribution >= 4 is 34.8 Å². The Morgan fingerprint density at radius 1 is 1.26 bits per heavy atom. The number of benzene rings is 1. The third-order valence-electron chi connectivity index (χ3n) is 4.87. The number of aromatic hydroxyl groups is 1. The number of ketones is 1. The molecule has 0 aliphatic carbocycles. The number of ether oxygens (including phenoxy) is 2. The molecule has 1 aromatic carbocycles. The van der Waals surface area contributed by atoms with Gasteiger partial charge in [-0.15, -0.1) is 0 Å². The van der Waals surface area contributed by atoms with Crippen LogP contribution < -0.4 is 15.7 Å². The summed E-state index contributed by atoms with van der Waals surface area (Å²) < 4.78 is 40.2. The monoisotopic (exact) mass is 584 g/mol. The molecule has 0 spiro atoms. The average Bonchev–Trinajstić information content (AvgIpc) is 3.19. The Bertz CT molecular complexity index is 1370. The summed E-state index contributed by atoms with van der Waals surface area (Å²) in [6.07, 6.45) is 4.32. The molecule has 2 N–H and O–H groups in total. The van der Waals surface area contributed by atoms with Crippen molar-refractivity contribution in [1.82, 2.24) is 10.3 Å². The molecule has 0 atom stereocenters. The fourth-order valence-corrected chi connectivity index (χ4v) is 3.78. The SMILES string of the molecule is COC(=O)N/C=C/CCCc1cc(O)c(C(=O)C(C)C)c(=O)o1.Cc1sc(Oc2ccc(F)c(F)c2)nc1Cl. The topological polar surface area (TPSA) is 128 Å². The number of amides is 1. The van der Waals surface area contributed by atoms with Gasteiger partial charge < -0.3 is 19.0 Å². The molecule has 0 aliphatic heterocycles. The maximum atomic E-state index is 12.9. The lowest BCUT2D eigenvalue weighted by Crippen LogP contribution is -2.19. The number of halogens is 3. The van der Waals surface area contributed by atoms with Crippen LogP contribution in [0, 0.1) is 24.5 Å². The van der Waals surface area contributed by atoms with Crippen LogP contribution in [0.4, 0.5) is 13.6 Å². The number of hydrogen-bond acceptors (Lipinski definition) is 9. The van der Waals surface area contributed by atoms with Gasteiger partial charge in [-0.25, -0.2) is 18.4 Å². The van der Waals surface area contributed by atoms with Crippen molar-refractivity contribution in [3.8, 4) is 16.7 Å². The number of aromatic nitrogens is 1. The molecule has 0 saturated heterocycles. The number of allylic oxidation sites excluding steroid dienone is 1. The average molecular weight is 585 g/mol. The number of unbranched alkanes of at least 4 members (excludes halogenated alkanes) is 1. The number of alkyl carbamates (subject to hydrolysis) is 1. The Labute approximate surface area is 232 Å². The van der Waals surface area contributed by atoms with Crippen LogP contribution >= 0.6 is 22.9 Å². The molecule has 0 fully saturated rings. The van der Waals surface area contributed by atoms with E-state index in [1.54, 1.807) is 26.8 Å². The van der Waals surface area contributed by atoms with E-state index in [0.29, 0.717) is 35.4 Å². The minimum absolute atomic E-state index is 0.185. The van der Waals surface area contributed by atoms with Crippen LogP contribution in [0.5, 0.6) is 16.7 Å². The first-order valence-corrected chi connectivity index (χ1v) is 12.8. The van der Waals surface area contributed by atoms with Crippen molar-refractivity contribution in [2.24, 2.45) is 5.92 Å². The first-order valence-electron chi connectivity index (χ1n) is 11.6. The normalized spacial score (nSPS) is 10.8. The minimum atomic E-state index is -0.961. The van der Waals surface area contributed by atoms with Gasteiger partial charge in [-0.2, -0.15) is 4.98 Å². The highest BCUT2D eigenvalue weighted by atomic mass is 35.5. The van der Waals surface area contributed by atoms with E-state index < -0.39 is 35.1 Å². The molecule has 3 rings (SSSR count). The Morgan fingerprint density at radius 2 is 1.97 bits per heavy atom. The van der Waals surface area contributed by atoms with Gasteiger partial charge in [0.2, 0.25) is 0 Å². The molecule has 13 heteroatoms. The molecular formula is C26H27ClF2N2O7S. The number of rotatable bonds is 9. The van der Waals surface area contributed by atoms with Crippen LogP contribution in [0.3, 0.4) is 0 Å². The molecule has 39 heavy (non-hydrogen) atoms. The van der Waals surface area contributed by atoms with Gasteiger partial charge in [-0.05, 0) is 31.9 Å². The number of methoxy groups -OCH3 is 1. The van der Waals surface area contributed by atoms with E-state index in [2.05, 4.69) is 15.0 Å².